The van der Waals surface area contributed by atoms with Crippen LogP contribution in [0.15, 0.2) is 22.8 Å². The number of rotatable bonds is 1. The molecule has 78 valence electrons. The molecular formula is C9H6BrClFN3. The summed E-state index contributed by atoms with van der Waals surface area (Å²) >= 11 is 9.09. The number of anilines is 1. The fourth-order valence-corrected chi connectivity index (χ4v) is 1.96. The normalized spacial score (nSPS) is 10.6. The van der Waals surface area contributed by atoms with Crippen molar-refractivity contribution in [3.8, 4) is 11.1 Å². The molecule has 1 aromatic heterocycles. The molecule has 0 radical (unpaired) electrons. The first kappa shape index (κ1) is 10.4. The number of H-pyrrole nitrogens is 1. The highest BCUT2D eigenvalue weighted by Gasteiger charge is 2.15. The SMILES string of the molecule is Nc1[nH]ncc1-c1c(F)ccc(Cl)c1Br. The van der Waals surface area contributed by atoms with Crippen molar-refractivity contribution < 1.29 is 4.39 Å². The quantitative estimate of drug-likeness (QED) is 0.792. The summed E-state index contributed by atoms with van der Waals surface area (Å²) in [7, 11) is 0. The van der Waals surface area contributed by atoms with Gasteiger partial charge < -0.3 is 5.73 Å². The lowest BCUT2D eigenvalue weighted by Crippen LogP contribution is -1.91. The van der Waals surface area contributed by atoms with E-state index in [-0.39, 0.29) is 0 Å². The first-order valence-corrected chi connectivity index (χ1v) is 5.21. The van der Waals surface area contributed by atoms with Crippen LogP contribution in [0.1, 0.15) is 0 Å². The Kier molecular flexibility index (Phi) is 2.67. The molecule has 1 aromatic carbocycles. The van der Waals surface area contributed by atoms with E-state index in [4.69, 9.17) is 17.3 Å². The van der Waals surface area contributed by atoms with Crippen molar-refractivity contribution in [2.75, 3.05) is 5.73 Å². The Morgan fingerprint density at radius 3 is 2.80 bits per heavy atom. The van der Waals surface area contributed by atoms with Crippen LogP contribution in [0.25, 0.3) is 11.1 Å². The summed E-state index contributed by atoms with van der Waals surface area (Å²) in [5.74, 6) is -0.101. The third-order valence-electron chi connectivity index (χ3n) is 1.98. The molecule has 0 saturated heterocycles. The average molecular weight is 291 g/mol. The summed E-state index contributed by atoms with van der Waals surface area (Å²) in [5.41, 5.74) is 6.41. The van der Waals surface area contributed by atoms with Crippen LogP contribution in [0.2, 0.25) is 5.02 Å². The van der Waals surface area contributed by atoms with Gasteiger partial charge in [-0.25, -0.2) is 4.39 Å². The number of nitrogens with two attached hydrogens (primary N) is 1. The van der Waals surface area contributed by atoms with Crippen molar-refractivity contribution in [3.05, 3.63) is 33.6 Å². The first-order valence-electron chi connectivity index (χ1n) is 4.04. The molecule has 0 aliphatic carbocycles. The second kappa shape index (κ2) is 3.83. The Bertz CT molecular complexity index is 512. The summed E-state index contributed by atoms with van der Waals surface area (Å²) in [5, 5.41) is 6.69. The van der Waals surface area contributed by atoms with Crippen molar-refractivity contribution >= 4 is 33.3 Å². The number of nitrogens with one attached hydrogen (secondary N) is 1. The van der Waals surface area contributed by atoms with E-state index < -0.39 is 5.82 Å². The van der Waals surface area contributed by atoms with Gasteiger partial charge in [-0.05, 0) is 28.1 Å². The highest BCUT2D eigenvalue weighted by Crippen LogP contribution is 2.37. The van der Waals surface area contributed by atoms with E-state index in [1.165, 1.54) is 18.3 Å². The molecule has 0 aliphatic heterocycles. The second-order valence-electron chi connectivity index (χ2n) is 2.92. The molecule has 0 aliphatic rings. The topological polar surface area (TPSA) is 54.7 Å². The predicted molar refractivity (Wildman–Crippen MR) is 61.1 cm³/mol. The van der Waals surface area contributed by atoms with Crippen LogP contribution in [0.5, 0.6) is 0 Å². The van der Waals surface area contributed by atoms with E-state index in [1.807, 2.05) is 0 Å². The van der Waals surface area contributed by atoms with Gasteiger partial charge in [0.1, 0.15) is 11.6 Å². The summed E-state index contributed by atoms with van der Waals surface area (Å²) in [6.45, 7) is 0. The maximum atomic E-state index is 13.6. The van der Waals surface area contributed by atoms with Gasteiger partial charge in [-0.1, -0.05) is 11.6 Å². The lowest BCUT2D eigenvalue weighted by atomic mass is 10.1. The van der Waals surface area contributed by atoms with Gasteiger partial charge >= 0.3 is 0 Å². The molecule has 0 amide bonds. The molecule has 1 heterocycles. The number of nitrogen functional groups attached to an aromatic ring is 1. The third-order valence-corrected chi connectivity index (χ3v) is 3.35. The molecule has 0 atom stereocenters. The van der Waals surface area contributed by atoms with E-state index in [9.17, 15) is 4.39 Å². The van der Waals surface area contributed by atoms with Gasteiger partial charge in [0.2, 0.25) is 0 Å². The Labute approximate surface area is 98.6 Å². The molecule has 0 saturated carbocycles. The average Bonchev–Trinajstić information content (AvgIpc) is 2.60. The number of aromatic amines is 1. The Hall–Kier alpha value is -1.07. The molecule has 15 heavy (non-hydrogen) atoms. The summed E-state index contributed by atoms with van der Waals surface area (Å²) in [6.07, 6.45) is 1.45. The van der Waals surface area contributed by atoms with Crippen molar-refractivity contribution in [1.82, 2.24) is 10.2 Å². The highest BCUT2D eigenvalue weighted by molar-refractivity contribution is 9.10. The van der Waals surface area contributed by atoms with E-state index in [0.717, 1.165) is 0 Å². The van der Waals surface area contributed by atoms with Crippen LogP contribution in [-0.4, -0.2) is 10.2 Å². The molecule has 0 unspecified atom stereocenters. The van der Waals surface area contributed by atoms with Gasteiger partial charge in [0.25, 0.3) is 0 Å². The Balaban J connectivity index is 2.72. The molecule has 2 aromatic rings. The van der Waals surface area contributed by atoms with Gasteiger partial charge in [-0.2, -0.15) is 5.10 Å². The van der Waals surface area contributed by atoms with Crippen molar-refractivity contribution in [3.63, 3.8) is 0 Å². The molecular weight excluding hydrogens is 284 g/mol. The molecule has 0 fully saturated rings. The van der Waals surface area contributed by atoms with Crippen LogP contribution in [-0.2, 0) is 0 Å². The van der Waals surface area contributed by atoms with Crippen molar-refractivity contribution in [2.45, 2.75) is 0 Å². The molecule has 6 heteroatoms. The van der Waals surface area contributed by atoms with Crippen molar-refractivity contribution in [1.29, 1.82) is 0 Å². The zero-order valence-electron chi connectivity index (χ0n) is 7.39. The lowest BCUT2D eigenvalue weighted by molar-refractivity contribution is 0.630. The zero-order chi connectivity index (χ0) is 11.0. The van der Waals surface area contributed by atoms with E-state index in [0.29, 0.717) is 26.4 Å². The van der Waals surface area contributed by atoms with E-state index in [1.54, 1.807) is 0 Å². The second-order valence-corrected chi connectivity index (χ2v) is 4.12. The number of benzene rings is 1. The number of hydrogen-bond donors (Lipinski definition) is 2. The summed E-state index contributed by atoms with van der Waals surface area (Å²) < 4.78 is 14.1. The lowest BCUT2D eigenvalue weighted by Gasteiger charge is -2.06. The first-order chi connectivity index (χ1) is 7.11. The molecule has 3 N–H and O–H groups in total. The number of hydrogen-bond acceptors (Lipinski definition) is 2. The van der Waals surface area contributed by atoms with Gasteiger partial charge in [0.15, 0.2) is 0 Å². The standard InChI is InChI=1S/C9H6BrClFN3/c10-8-5(11)1-2-6(12)7(8)4-3-14-15-9(4)13/h1-3H,(H3,13,14,15). The van der Waals surface area contributed by atoms with Crippen LogP contribution >= 0.6 is 27.5 Å². The largest absolute Gasteiger partial charge is 0.384 e. The van der Waals surface area contributed by atoms with Gasteiger partial charge in [0, 0.05) is 15.6 Å². The molecule has 0 spiro atoms. The van der Waals surface area contributed by atoms with Crippen molar-refractivity contribution in [2.24, 2.45) is 0 Å². The van der Waals surface area contributed by atoms with Crippen LogP contribution in [0.3, 0.4) is 0 Å². The monoisotopic (exact) mass is 289 g/mol. The number of halogens is 3. The van der Waals surface area contributed by atoms with Gasteiger partial charge in [-0.3, -0.25) is 5.10 Å². The van der Waals surface area contributed by atoms with Crippen LogP contribution in [0, 0.1) is 5.82 Å². The third kappa shape index (κ3) is 1.72. The Morgan fingerprint density at radius 2 is 2.20 bits per heavy atom. The highest BCUT2D eigenvalue weighted by atomic mass is 79.9. The zero-order valence-corrected chi connectivity index (χ0v) is 9.73. The molecule has 3 nitrogen and oxygen atoms in total. The smallest absolute Gasteiger partial charge is 0.132 e. The van der Waals surface area contributed by atoms with E-state index >= 15 is 0 Å². The molecule has 0 bridgehead atoms. The number of nitrogens with zero attached hydrogens (tertiary/aromatic N) is 1. The van der Waals surface area contributed by atoms with Crippen LogP contribution in [0.4, 0.5) is 10.2 Å². The fourth-order valence-electron chi connectivity index (χ4n) is 1.27. The minimum atomic E-state index is -0.403. The maximum absolute atomic E-state index is 13.6. The van der Waals surface area contributed by atoms with Crippen LogP contribution < -0.4 is 5.73 Å². The van der Waals surface area contributed by atoms with Gasteiger partial charge in [-0.15, -0.1) is 0 Å². The summed E-state index contributed by atoms with van der Waals surface area (Å²) in [4.78, 5) is 0. The Morgan fingerprint density at radius 1 is 1.47 bits per heavy atom. The van der Waals surface area contributed by atoms with E-state index in [2.05, 4.69) is 26.1 Å². The fraction of sp³-hybridized carbons (Fsp3) is 0. The minimum absolute atomic E-state index is 0.303. The number of aromatic nitrogens is 2. The predicted octanol–water partition coefficient (Wildman–Crippen LogP) is 3.21. The molecule has 2 rings (SSSR count). The summed E-state index contributed by atoms with van der Waals surface area (Å²) in [6, 6.07) is 2.76. The maximum Gasteiger partial charge on any atom is 0.132 e. The minimum Gasteiger partial charge on any atom is -0.384 e. The van der Waals surface area contributed by atoms with Gasteiger partial charge in [0.05, 0.1) is 11.2 Å².